The highest BCUT2D eigenvalue weighted by molar-refractivity contribution is 5.68. The van der Waals surface area contributed by atoms with Gasteiger partial charge in [0.15, 0.2) is 0 Å². The lowest BCUT2D eigenvalue weighted by atomic mass is 9.88. The van der Waals surface area contributed by atoms with Crippen molar-refractivity contribution in [2.45, 2.75) is 38.3 Å². The summed E-state index contributed by atoms with van der Waals surface area (Å²) in [6.07, 6.45) is 0.822. The highest BCUT2D eigenvalue weighted by atomic mass is 16.6. The van der Waals surface area contributed by atoms with Crippen molar-refractivity contribution in [2.75, 3.05) is 32.8 Å². The first-order valence-corrected chi connectivity index (χ1v) is 6.21. The van der Waals surface area contributed by atoms with E-state index in [-0.39, 0.29) is 11.6 Å². The fraction of sp³-hybridized carbons (Fsp3) is 0.917. The maximum Gasteiger partial charge on any atom is 0.410 e. The fourth-order valence-corrected chi connectivity index (χ4v) is 2.15. The van der Waals surface area contributed by atoms with E-state index in [4.69, 9.17) is 9.47 Å². The molecule has 1 amide bonds. The third-order valence-electron chi connectivity index (χ3n) is 3.13. The molecule has 5 nitrogen and oxygen atoms in total. The minimum Gasteiger partial charge on any atom is -0.444 e. The van der Waals surface area contributed by atoms with Gasteiger partial charge in [-0.2, -0.15) is 0 Å². The number of hydrogen-bond acceptors (Lipinski definition) is 4. The van der Waals surface area contributed by atoms with Gasteiger partial charge in [0.25, 0.3) is 0 Å². The largest absolute Gasteiger partial charge is 0.444 e. The van der Waals surface area contributed by atoms with Crippen LogP contribution in [-0.4, -0.2) is 55.0 Å². The second kappa shape index (κ2) is 4.46. The first-order valence-electron chi connectivity index (χ1n) is 6.21. The van der Waals surface area contributed by atoms with Crippen LogP contribution in [-0.2, 0) is 9.47 Å². The van der Waals surface area contributed by atoms with E-state index in [1.807, 2.05) is 20.8 Å². The van der Waals surface area contributed by atoms with Gasteiger partial charge in [0.05, 0.1) is 18.8 Å². The summed E-state index contributed by atoms with van der Waals surface area (Å²) in [5.74, 6) is 0. The van der Waals surface area contributed by atoms with E-state index in [0.29, 0.717) is 26.3 Å². The van der Waals surface area contributed by atoms with Crippen molar-refractivity contribution in [3.8, 4) is 0 Å². The predicted molar refractivity (Wildman–Crippen MR) is 64.0 cm³/mol. The zero-order valence-electron chi connectivity index (χ0n) is 10.9. The molecule has 0 aromatic carbocycles. The number of nitrogens with one attached hydrogen (secondary N) is 1. The number of carbonyl (C=O) groups excluding carboxylic acids is 1. The van der Waals surface area contributed by atoms with E-state index in [9.17, 15) is 4.79 Å². The molecule has 2 aliphatic rings. The molecule has 17 heavy (non-hydrogen) atoms. The van der Waals surface area contributed by atoms with Gasteiger partial charge in [0.2, 0.25) is 0 Å². The molecule has 0 radical (unpaired) electrons. The highest BCUT2D eigenvalue weighted by Gasteiger charge is 2.41. The third-order valence-corrected chi connectivity index (χ3v) is 3.13. The SMILES string of the molecule is CC(C)(C)OC(=O)N1CCOC[C@]2(CCN2)C1. The first kappa shape index (κ1) is 12.6. The number of ether oxygens (including phenoxy) is 2. The molecule has 2 rings (SSSR count). The number of carbonyl (C=O) groups is 1. The van der Waals surface area contributed by atoms with E-state index in [0.717, 1.165) is 13.0 Å². The van der Waals surface area contributed by atoms with Gasteiger partial charge < -0.3 is 19.7 Å². The minimum atomic E-state index is -0.440. The van der Waals surface area contributed by atoms with Crippen LogP contribution >= 0.6 is 0 Å². The van der Waals surface area contributed by atoms with Gasteiger partial charge >= 0.3 is 6.09 Å². The Hall–Kier alpha value is -0.810. The second-order valence-electron chi connectivity index (χ2n) is 5.91. The molecule has 2 aliphatic heterocycles. The Morgan fingerprint density at radius 1 is 1.47 bits per heavy atom. The van der Waals surface area contributed by atoms with Gasteiger partial charge in [-0.25, -0.2) is 4.79 Å². The normalized spacial score (nSPS) is 29.7. The smallest absolute Gasteiger partial charge is 0.410 e. The van der Waals surface area contributed by atoms with Crippen molar-refractivity contribution in [1.82, 2.24) is 10.2 Å². The Kier molecular flexibility index (Phi) is 3.32. The Morgan fingerprint density at radius 2 is 2.18 bits per heavy atom. The number of rotatable bonds is 0. The van der Waals surface area contributed by atoms with E-state index in [1.165, 1.54) is 0 Å². The summed E-state index contributed by atoms with van der Waals surface area (Å²) in [7, 11) is 0. The Morgan fingerprint density at radius 3 is 2.71 bits per heavy atom. The van der Waals surface area contributed by atoms with Crippen LogP contribution in [0.2, 0.25) is 0 Å². The molecule has 2 fully saturated rings. The molecule has 5 heteroatoms. The Bertz CT molecular complexity index is 295. The zero-order chi connectivity index (χ0) is 12.5. The Balaban J connectivity index is 1.97. The van der Waals surface area contributed by atoms with Crippen LogP contribution in [0.15, 0.2) is 0 Å². The number of hydrogen-bond donors (Lipinski definition) is 1. The monoisotopic (exact) mass is 242 g/mol. The van der Waals surface area contributed by atoms with Crippen molar-refractivity contribution in [3.63, 3.8) is 0 Å². The summed E-state index contributed by atoms with van der Waals surface area (Å²) in [5, 5.41) is 3.37. The summed E-state index contributed by atoms with van der Waals surface area (Å²) in [4.78, 5) is 13.8. The number of nitrogens with zero attached hydrogens (tertiary/aromatic N) is 1. The lowest BCUT2D eigenvalue weighted by Crippen LogP contribution is -2.65. The average molecular weight is 242 g/mol. The molecule has 0 bridgehead atoms. The molecule has 0 aliphatic carbocycles. The van der Waals surface area contributed by atoms with E-state index in [2.05, 4.69) is 5.32 Å². The van der Waals surface area contributed by atoms with Gasteiger partial charge in [-0.15, -0.1) is 0 Å². The summed E-state index contributed by atoms with van der Waals surface area (Å²) >= 11 is 0. The van der Waals surface area contributed by atoms with Gasteiger partial charge in [0.1, 0.15) is 5.60 Å². The van der Waals surface area contributed by atoms with Gasteiger partial charge in [0, 0.05) is 13.1 Å². The first-order chi connectivity index (χ1) is 7.90. The van der Waals surface area contributed by atoms with Crippen LogP contribution in [0, 0.1) is 0 Å². The minimum absolute atomic E-state index is 0.0343. The van der Waals surface area contributed by atoms with Gasteiger partial charge in [-0.3, -0.25) is 0 Å². The lowest BCUT2D eigenvalue weighted by molar-refractivity contribution is 0.0175. The van der Waals surface area contributed by atoms with Crippen molar-refractivity contribution < 1.29 is 14.3 Å². The summed E-state index contributed by atoms with van der Waals surface area (Å²) in [6, 6.07) is 0. The van der Waals surface area contributed by atoms with Crippen molar-refractivity contribution >= 4 is 6.09 Å². The lowest BCUT2D eigenvalue weighted by Gasteiger charge is -2.43. The molecule has 2 heterocycles. The molecule has 1 atom stereocenters. The molecule has 2 saturated heterocycles. The molecule has 1 spiro atoms. The molecule has 0 aromatic heterocycles. The molecule has 1 N–H and O–H groups in total. The van der Waals surface area contributed by atoms with Crippen LogP contribution in [0.3, 0.4) is 0 Å². The average Bonchev–Trinajstić information content (AvgIpc) is 2.35. The zero-order valence-corrected chi connectivity index (χ0v) is 10.9. The van der Waals surface area contributed by atoms with Crippen LogP contribution in [0.1, 0.15) is 27.2 Å². The standard InChI is InChI=1S/C12H22N2O3/c1-11(2,3)17-10(15)14-6-7-16-9-12(8-14)4-5-13-12/h13H,4-9H2,1-3H3/t12-/m0/s1. The van der Waals surface area contributed by atoms with Crippen LogP contribution < -0.4 is 5.32 Å². The van der Waals surface area contributed by atoms with Crippen LogP contribution in [0.5, 0.6) is 0 Å². The highest BCUT2D eigenvalue weighted by Crippen LogP contribution is 2.24. The van der Waals surface area contributed by atoms with E-state index < -0.39 is 5.60 Å². The van der Waals surface area contributed by atoms with E-state index >= 15 is 0 Å². The van der Waals surface area contributed by atoms with E-state index in [1.54, 1.807) is 4.90 Å². The summed E-state index contributed by atoms with van der Waals surface area (Å²) in [5.41, 5.74) is -0.474. The molecular weight excluding hydrogens is 220 g/mol. The maximum atomic E-state index is 12.0. The van der Waals surface area contributed by atoms with Crippen LogP contribution in [0.25, 0.3) is 0 Å². The molecule has 0 unspecified atom stereocenters. The van der Waals surface area contributed by atoms with Gasteiger partial charge in [-0.05, 0) is 33.7 Å². The third kappa shape index (κ3) is 3.10. The molecule has 0 saturated carbocycles. The topological polar surface area (TPSA) is 50.8 Å². The Labute approximate surface area is 102 Å². The van der Waals surface area contributed by atoms with Crippen molar-refractivity contribution in [1.29, 1.82) is 0 Å². The fourth-order valence-electron chi connectivity index (χ4n) is 2.15. The summed E-state index contributed by atoms with van der Waals surface area (Å²) in [6.45, 7) is 9.23. The van der Waals surface area contributed by atoms with Gasteiger partial charge in [-0.1, -0.05) is 0 Å². The summed E-state index contributed by atoms with van der Waals surface area (Å²) < 4.78 is 10.9. The van der Waals surface area contributed by atoms with Crippen molar-refractivity contribution in [3.05, 3.63) is 0 Å². The molecular formula is C12H22N2O3. The second-order valence-corrected chi connectivity index (χ2v) is 5.91. The molecule has 0 aromatic rings. The molecule has 98 valence electrons. The predicted octanol–water partition coefficient (Wildman–Crippen LogP) is 0.986. The quantitative estimate of drug-likeness (QED) is 0.688. The number of amides is 1. The van der Waals surface area contributed by atoms with Crippen molar-refractivity contribution in [2.24, 2.45) is 0 Å². The maximum absolute atomic E-state index is 12.0. The van der Waals surface area contributed by atoms with Crippen LogP contribution in [0.4, 0.5) is 4.79 Å².